The van der Waals surface area contributed by atoms with Gasteiger partial charge in [-0.1, -0.05) is 122 Å². The van der Waals surface area contributed by atoms with Crippen molar-refractivity contribution in [2.75, 3.05) is 0 Å². The van der Waals surface area contributed by atoms with Crippen molar-refractivity contribution in [2.45, 2.75) is 177 Å². The Morgan fingerprint density at radius 3 is 2.32 bits per heavy atom. The van der Waals surface area contributed by atoms with Crippen LogP contribution in [0.5, 0.6) is 0 Å². The lowest BCUT2D eigenvalue weighted by atomic mass is 9.47. The normalized spacial score (nSPS) is 33.6. The largest absolute Gasteiger partial charge is 0.462 e. The molecular weight excluding hydrogens is 572 g/mol. The Hall–Kier alpha value is -1.57. The lowest BCUT2D eigenvalue weighted by Crippen LogP contribution is -2.51. The van der Waals surface area contributed by atoms with Gasteiger partial charge in [0.1, 0.15) is 6.10 Å². The Labute approximate surface area is 291 Å². The van der Waals surface area contributed by atoms with E-state index in [0.29, 0.717) is 17.3 Å². The van der Waals surface area contributed by atoms with Crippen molar-refractivity contribution in [3.63, 3.8) is 0 Å². The number of rotatable bonds is 18. The molecule has 3 saturated carbocycles. The number of fused-ring (bicyclic) bond motifs is 5. The Kier molecular flexibility index (Phi) is 15.0. The Morgan fingerprint density at radius 2 is 1.57 bits per heavy atom. The van der Waals surface area contributed by atoms with Gasteiger partial charge in [-0.2, -0.15) is 0 Å². The summed E-state index contributed by atoms with van der Waals surface area (Å²) in [5.74, 6) is 6.03. The van der Waals surface area contributed by atoms with Gasteiger partial charge in [0.05, 0.1) is 0 Å². The van der Waals surface area contributed by atoms with E-state index in [0.717, 1.165) is 92.8 Å². The third kappa shape index (κ3) is 10.0. The molecule has 2 nitrogen and oxygen atoms in total. The summed E-state index contributed by atoms with van der Waals surface area (Å²) >= 11 is 0. The molecule has 3 fully saturated rings. The van der Waals surface area contributed by atoms with Crippen LogP contribution < -0.4 is 0 Å². The molecular formula is C45H74O2. The van der Waals surface area contributed by atoms with Crippen molar-refractivity contribution >= 4 is 5.97 Å². The van der Waals surface area contributed by atoms with Crippen LogP contribution in [0.1, 0.15) is 170 Å². The van der Waals surface area contributed by atoms with E-state index >= 15 is 0 Å². The number of allylic oxidation sites excluding steroid dienone is 7. The molecule has 0 spiro atoms. The van der Waals surface area contributed by atoms with Gasteiger partial charge in [0.2, 0.25) is 0 Å². The van der Waals surface area contributed by atoms with Crippen LogP contribution in [0.25, 0.3) is 0 Å². The fourth-order valence-electron chi connectivity index (χ4n) is 10.7. The van der Waals surface area contributed by atoms with Crippen LogP contribution >= 0.6 is 0 Å². The lowest BCUT2D eigenvalue weighted by Gasteiger charge is -2.58. The SMILES string of the molecule is CC/C=C/C/C=C/C/C=C/CCCCCCC(=O)OC1CCC2(C)C(=CCC3C2CCC2(C)C(C(C)CCC(C)C(C)C)CCC32)C1. The maximum absolute atomic E-state index is 12.8. The second-order valence-corrected chi connectivity index (χ2v) is 17.4. The van der Waals surface area contributed by atoms with Crippen molar-refractivity contribution in [3.8, 4) is 0 Å². The van der Waals surface area contributed by atoms with Crippen LogP contribution in [0, 0.1) is 52.3 Å². The molecule has 0 bridgehead atoms. The summed E-state index contributed by atoms with van der Waals surface area (Å²) in [6.45, 7) is 17.3. The molecule has 4 aliphatic rings. The minimum absolute atomic E-state index is 0.0377. The predicted octanol–water partition coefficient (Wildman–Crippen LogP) is 13.4. The first-order valence-electron chi connectivity index (χ1n) is 20.4. The molecule has 47 heavy (non-hydrogen) atoms. The van der Waals surface area contributed by atoms with Gasteiger partial charge in [-0.05, 0) is 136 Å². The van der Waals surface area contributed by atoms with Crippen molar-refractivity contribution in [3.05, 3.63) is 48.1 Å². The van der Waals surface area contributed by atoms with E-state index in [1.54, 1.807) is 5.57 Å². The predicted molar refractivity (Wildman–Crippen MR) is 202 cm³/mol. The number of esters is 1. The molecule has 4 rings (SSSR count). The average Bonchev–Trinajstić information content (AvgIpc) is 3.41. The van der Waals surface area contributed by atoms with E-state index in [4.69, 9.17) is 4.74 Å². The lowest BCUT2D eigenvalue weighted by molar-refractivity contribution is -0.151. The van der Waals surface area contributed by atoms with Gasteiger partial charge < -0.3 is 4.74 Å². The van der Waals surface area contributed by atoms with E-state index in [-0.39, 0.29) is 12.1 Å². The van der Waals surface area contributed by atoms with Gasteiger partial charge >= 0.3 is 5.97 Å². The number of ether oxygens (including phenoxy) is 1. The Balaban J connectivity index is 1.16. The number of hydrogen-bond donors (Lipinski definition) is 0. The van der Waals surface area contributed by atoms with Gasteiger partial charge in [0, 0.05) is 12.8 Å². The summed E-state index contributed by atoms with van der Waals surface area (Å²) in [5, 5.41) is 0. The van der Waals surface area contributed by atoms with Gasteiger partial charge in [-0.3, -0.25) is 4.79 Å². The van der Waals surface area contributed by atoms with Gasteiger partial charge in [0.15, 0.2) is 0 Å². The molecule has 0 heterocycles. The second-order valence-electron chi connectivity index (χ2n) is 17.4. The molecule has 0 radical (unpaired) electrons. The Morgan fingerprint density at radius 1 is 0.851 bits per heavy atom. The number of carbonyl (C=O) groups excluding carboxylic acids is 1. The minimum atomic E-state index is 0.0377. The van der Waals surface area contributed by atoms with Gasteiger partial charge in [0.25, 0.3) is 0 Å². The fraction of sp³-hybridized carbons (Fsp3) is 0.800. The molecule has 0 aromatic carbocycles. The number of hydrogen-bond acceptors (Lipinski definition) is 2. The van der Waals surface area contributed by atoms with E-state index in [1.165, 1.54) is 64.2 Å². The van der Waals surface area contributed by atoms with E-state index < -0.39 is 0 Å². The molecule has 0 aliphatic heterocycles. The molecule has 0 aromatic heterocycles. The maximum atomic E-state index is 12.8. The van der Waals surface area contributed by atoms with Crippen molar-refractivity contribution in [1.29, 1.82) is 0 Å². The standard InChI is InChI=1S/C45H74O2/c1-8-9-10-11-12-13-14-15-16-17-18-19-20-21-22-43(46)47-38-29-31-44(6)37(33-38)25-26-39-41-28-27-40(45(41,7)32-30-42(39)44)36(5)24-23-35(4)34(2)3/h9-10,12-13,15-16,25,34-36,38-42H,8,11,14,17-24,26-33H2,1-7H3/b10-9+,13-12+,16-15+. The van der Waals surface area contributed by atoms with Crippen molar-refractivity contribution < 1.29 is 9.53 Å². The molecule has 0 saturated heterocycles. The van der Waals surface area contributed by atoms with Crippen LogP contribution in [0.3, 0.4) is 0 Å². The highest BCUT2D eigenvalue weighted by atomic mass is 16.5. The smallest absolute Gasteiger partial charge is 0.306 e. The molecule has 0 N–H and O–H groups in total. The summed E-state index contributed by atoms with van der Waals surface area (Å²) < 4.78 is 6.11. The summed E-state index contributed by atoms with van der Waals surface area (Å²) in [6, 6.07) is 0. The quantitative estimate of drug-likeness (QED) is 0.0841. The fourth-order valence-corrected chi connectivity index (χ4v) is 10.7. The zero-order valence-corrected chi connectivity index (χ0v) is 31.9. The third-order valence-corrected chi connectivity index (χ3v) is 14.1. The summed E-state index contributed by atoms with van der Waals surface area (Å²) in [5.41, 5.74) is 2.49. The summed E-state index contributed by atoms with van der Waals surface area (Å²) in [6.07, 6.45) is 38.8. The molecule has 0 aromatic rings. The second kappa shape index (κ2) is 18.4. The van der Waals surface area contributed by atoms with E-state index in [2.05, 4.69) is 91.0 Å². The first kappa shape index (κ1) is 38.2. The highest BCUT2D eigenvalue weighted by Crippen LogP contribution is 2.67. The molecule has 9 atom stereocenters. The van der Waals surface area contributed by atoms with Crippen LogP contribution in [-0.2, 0) is 9.53 Å². The molecule has 9 unspecified atom stereocenters. The van der Waals surface area contributed by atoms with Gasteiger partial charge in [-0.25, -0.2) is 0 Å². The van der Waals surface area contributed by atoms with Crippen LogP contribution in [0.15, 0.2) is 48.1 Å². The van der Waals surface area contributed by atoms with Gasteiger partial charge in [-0.15, -0.1) is 0 Å². The number of unbranched alkanes of at least 4 members (excludes halogenated alkanes) is 4. The van der Waals surface area contributed by atoms with Crippen LogP contribution in [0.2, 0.25) is 0 Å². The molecule has 0 amide bonds. The zero-order chi connectivity index (χ0) is 33.9. The third-order valence-electron chi connectivity index (χ3n) is 14.1. The molecule has 2 heteroatoms. The average molecular weight is 647 g/mol. The molecule has 266 valence electrons. The first-order valence-corrected chi connectivity index (χ1v) is 20.4. The summed E-state index contributed by atoms with van der Waals surface area (Å²) in [4.78, 5) is 12.8. The molecule has 4 aliphatic carbocycles. The van der Waals surface area contributed by atoms with Crippen molar-refractivity contribution in [2.24, 2.45) is 52.3 Å². The number of carbonyl (C=O) groups is 1. The first-order chi connectivity index (χ1) is 22.6. The monoisotopic (exact) mass is 647 g/mol. The summed E-state index contributed by atoms with van der Waals surface area (Å²) in [7, 11) is 0. The zero-order valence-electron chi connectivity index (χ0n) is 31.9. The highest BCUT2D eigenvalue weighted by Gasteiger charge is 2.59. The maximum Gasteiger partial charge on any atom is 0.306 e. The van der Waals surface area contributed by atoms with Crippen molar-refractivity contribution in [1.82, 2.24) is 0 Å². The van der Waals surface area contributed by atoms with Crippen LogP contribution in [0.4, 0.5) is 0 Å². The van der Waals surface area contributed by atoms with Crippen LogP contribution in [-0.4, -0.2) is 12.1 Å². The Bertz CT molecular complexity index is 1080. The van der Waals surface area contributed by atoms with E-state index in [9.17, 15) is 4.79 Å². The minimum Gasteiger partial charge on any atom is -0.462 e. The topological polar surface area (TPSA) is 26.3 Å². The highest BCUT2D eigenvalue weighted by molar-refractivity contribution is 5.69. The van der Waals surface area contributed by atoms with E-state index in [1.807, 2.05) is 0 Å².